The second-order valence-corrected chi connectivity index (χ2v) is 33.1. The minimum atomic E-state index is -4.96. The third-order valence-corrected chi connectivity index (χ3v) is 21.2. The number of hydrogen-bond donors (Lipinski definition) is 3. The molecule has 0 aromatic heterocycles. The molecule has 0 saturated carbocycles. The first-order valence-electron chi connectivity index (χ1n) is 41.3. The van der Waals surface area contributed by atoms with Gasteiger partial charge < -0.3 is 33.8 Å². The summed E-state index contributed by atoms with van der Waals surface area (Å²) in [5.74, 6) is 1.03. The molecule has 0 aliphatic carbocycles. The van der Waals surface area contributed by atoms with E-state index in [0.29, 0.717) is 25.7 Å². The van der Waals surface area contributed by atoms with Crippen LogP contribution >= 0.6 is 15.6 Å². The van der Waals surface area contributed by atoms with Gasteiger partial charge in [-0.2, -0.15) is 0 Å². The maximum atomic E-state index is 13.1. The second-order valence-electron chi connectivity index (χ2n) is 30.2. The van der Waals surface area contributed by atoms with Gasteiger partial charge in [0, 0.05) is 25.7 Å². The van der Waals surface area contributed by atoms with Crippen LogP contribution in [0, 0.1) is 23.7 Å². The highest BCUT2D eigenvalue weighted by Crippen LogP contribution is 2.45. The molecule has 0 aliphatic heterocycles. The van der Waals surface area contributed by atoms with Crippen LogP contribution in [0.5, 0.6) is 0 Å². The Kier molecular flexibility index (Phi) is 67.8. The molecule has 0 heterocycles. The highest BCUT2D eigenvalue weighted by molar-refractivity contribution is 7.47. The van der Waals surface area contributed by atoms with Gasteiger partial charge in [0.2, 0.25) is 0 Å². The molecule has 0 saturated heterocycles. The lowest BCUT2D eigenvalue weighted by molar-refractivity contribution is -0.161. The van der Waals surface area contributed by atoms with Crippen molar-refractivity contribution < 1.29 is 80.2 Å². The van der Waals surface area contributed by atoms with Gasteiger partial charge in [-0.05, 0) is 49.4 Å². The van der Waals surface area contributed by atoms with Gasteiger partial charge in [-0.1, -0.05) is 357 Å². The predicted octanol–water partition coefficient (Wildman–Crippen LogP) is 23.6. The largest absolute Gasteiger partial charge is 0.472 e. The Bertz CT molecular complexity index is 1940. The van der Waals surface area contributed by atoms with E-state index < -0.39 is 97.5 Å². The molecule has 17 nitrogen and oxygen atoms in total. The Hall–Kier alpha value is -1.94. The summed E-state index contributed by atoms with van der Waals surface area (Å²) in [6, 6.07) is 0. The molecule has 99 heavy (non-hydrogen) atoms. The number of carbonyl (C=O) groups is 4. The predicted molar refractivity (Wildman–Crippen MR) is 404 cm³/mol. The SMILES string of the molecule is CCC(C)CCCCCCCCCCCCCCCCC(=O)O[C@H](COC(=O)CCCCCCCCCCCCCCCC(C)C)COP(=O)(O)OC[C@@H](O)COP(=O)(O)OC[C@@H](COC(=O)CCCCCCCCC(C)CC)OC(=O)CCCCCCCCCCCCCCC(C)C. The zero-order valence-electron chi connectivity index (χ0n) is 65.1. The number of aliphatic hydroxyl groups is 1. The van der Waals surface area contributed by atoms with E-state index >= 15 is 0 Å². The van der Waals surface area contributed by atoms with E-state index in [1.807, 2.05) is 0 Å². The van der Waals surface area contributed by atoms with Crippen LogP contribution in [0.4, 0.5) is 0 Å². The van der Waals surface area contributed by atoms with Crippen molar-refractivity contribution in [1.29, 1.82) is 0 Å². The summed E-state index contributed by atoms with van der Waals surface area (Å²) in [4.78, 5) is 73.0. The molecule has 0 spiro atoms. The summed E-state index contributed by atoms with van der Waals surface area (Å²) < 4.78 is 68.7. The lowest BCUT2D eigenvalue weighted by Crippen LogP contribution is -2.30. The lowest BCUT2D eigenvalue weighted by Gasteiger charge is -2.21. The first-order valence-corrected chi connectivity index (χ1v) is 44.3. The van der Waals surface area contributed by atoms with Crippen molar-refractivity contribution in [3.05, 3.63) is 0 Å². The highest BCUT2D eigenvalue weighted by atomic mass is 31.2. The zero-order valence-corrected chi connectivity index (χ0v) is 66.9. The summed E-state index contributed by atoms with van der Waals surface area (Å²) >= 11 is 0. The van der Waals surface area contributed by atoms with E-state index in [1.54, 1.807) is 0 Å². The van der Waals surface area contributed by atoms with Crippen molar-refractivity contribution >= 4 is 39.5 Å². The molecule has 19 heteroatoms. The normalized spacial score (nSPS) is 14.6. The quantitative estimate of drug-likeness (QED) is 0.0222. The molecule has 0 aromatic rings. The molecule has 0 aliphatic rings. The van der Waals surface area contributed by atoms with Crippen molar-refractivity contribution in [1.82, 2.24) is 0 Å². The van der Waals surface area contributed by atoms with Crippen molar-refractivity contribution in [2.45, 2.75) is 427 Å². The molecule has 588 valence electrons. The summed E-state index contributed by atoms with van der Waals surface area (Å²) in [6.07, 6.45) is 55.4. The number of unbranched alkanes of at least 4 members (excludes halogenated alkanes) is 41. The topological polar surface area (TPSA) is 237 Å². The smallest absolute Gasteiger partial charge is 0.462 e. The molecule has 0 radical (unpaired) electrons. The third-order valence-electron chi connectivity index (χ3n) is 19.3. The molecule has 4 unspecified atom stereocenters. The zero-order chi connectivity index (χ0) is 73.1. The van der Waals surface area contributed by atoms with Gasteiger partial charge in [0.1, 0.15) is 19.3 Å². The second kappa shape index (κ2) is 69.1. The number of rotatable bonds is 77. The van der Waals surface area contributed by atoms with E-state index in [1.165, 1.54) is 205 Å². The van der Waals surface area contributed by atoms with Crippen LogP contribution in [0.15, 0.2) is 0 Å². The average Bonchev–Trinajstić information content (AvgIpc) is 3.56. The van der Waals surface area contributed by atoms with Crippen LogP contribution in [0.3, 0.4) is 0 Å². The number of phosphoric ester groups is 2. The van der Waals surface area contributed by atoms with E-state index in [-0.39, 0.29) is 25.7 Å². The number of hydrogen-bond acceptors (Lipinski definition) is 15. The van der Waals surface area contributed by atoms with Gasteiger partial charge in [0.25, 0.3) is 0 Å². The molecular weight excluding hydrogens is 1290 g/mol. The average molecular weight is 1450 g/mol. The first-order chi connectivity index (χ1) is 47.7. The van der Waals surface area contributed by atoms with Gasteiger partial charge >= 0.3 is 39.5 Å². The van der Waals surface area contributed by atoms with Crippen molar-refractivity contribution in [2.75, 3.05) is 39.6 Å². The van der Waals surface area contributed by atoms with E-state index in [9.17, 15) is 43.2 Å². The maximum Gasteiger partial charge on any atom is 0.472 e. The molecule has 0 fully saturated rings. The van der Waals surface area contributed by atoms with Crippen molar-refractivity contribution in [3.63, 3.8) is 0 Å². The lowest BCUT2D eigenvalue weighted by atomic mass is 9.99. The molecule has 7 atom stereocenters. The Morgan fingerprint density at radius 3 is 0.717 bits per heavy atom. The third kappa shape index (κ3) is 71.5. The monoisotopic (exact) mass is 1450 g/mol. The minimum absolute atomic E-state index is 0.106. The minimum Gasteiger partial charge on any atom is -0.462 e. The summed E-state index contributed by atoms with van der Waals surface area (Å²) in [6.45, 7) is 14.3. The number of carbonyl (C=O) groups excluding carboxylic acids is 4. The molecule has 0 bridgehead atoms. The van der Waals surface area contributed by atoms with Gasteiger partial charge in [-0.15, -0.1) is 0 Å². The highest BCUT2D eigenvalue weighted by Gasteiger charge is 2.30. The van der Waals surface area contributed by atoms with Crippen LogP contribution in [-0.4, -0.2) is 96.7 Å². The van der Waals surface area contributed by atoms with E-state index in [4.69, 9.17) is 37.0 Å². The number of ether oxygens (including phenoxy) is 4. The van der Waals surface area contributed by atoms with Crippen LogP contribution in [0.25, 0.3) is 0 Å². The van der Waals surface area contributed by atoms with E-state index in [0.717, 1.165) is 120 Å². The Morgan fingerprint density at radius 1 is 0.283 bits per heavy atom. The fraction of sp³-hybridized carbons (Fsp3) is 0.950. The molecule has 3 N–H and O–H groups in total. The van der Waals surface area contributed by atoms with E-state index in [2.05, 4.69) is 55.4 Å². The first kappa shape index (κ1) is 97.1. The van der Waals surface area contributed by atoms with Gasteiger partial charge in [0.15, 0.2) is 12.2 Å². The molecule has 0 aromatic carbocycles. The molecule has 0 amide bonds. The summed E-state index contributed by atoms with van der Waals surface area (Å²) in [5.41, 5.74) is 0. The maximum absolute atomic E-state index is 13.1. The van der Waals surface area contributed by atoms with Crippen LogP contribution in [-0.2, 0) is 65.4 Å². The van der Waals surface area contributed by atoms with Gasteiger partial charge in [-0.3, -0.25) is 37.3 Å². The van der Waals surface area contributed by atoms with Gasteiger partial charge in [0.05, 0.1) is 26.4 Å². The van der Waals surface area contributed by atoms with Crippen LogP contribution < -0.4 is 0 Å². The Balaban J connectivity index is 5.26. The number of phosphoric acid groups is 2. The number of aliphatic hydroxyl groups excluding tert-OH is 1. The van der Waals surface area contributed by atoms with Crippen molar-refractivity contribution in [3.8, 4) is 0 Å². The van der Waals surface area contributed by atoms with Crippen LogP contribution in [0.2, 0.25) is 0 Å². The fourth-order valence-electron chi connectivity index (χ4n) is 12.2. The molecular formula is C80H156O17P2. The fourth-order valence-corrected chi connectivity index (χ4v) is 13.8. The Labute approximate surface area is 607 Å². The summed E-state index contributed by atoms with van der Waals surface area (Å²) in [5, 5.41) is 10.6. The standard InChI is InChI=1S/C80H156O17P2/c1-9-72(7)58-50-42-34-28-22-15-11-12-16-24-30-36-46-54-62-79(84)96-75(66-90-77(82)60-52-44-35-29-23-17-13-14-20-26-32-40-48-56-70(3)4)68-94-98(86,87)92-64-74(81)65-93-99(88,89)95-69-76(67-91-78(83)61-53-45-39-38-43-51-59-73(8)10-2)97-80(85)63-55-47-37-31-25-19-18-21-27-33-41-49-57-71(5)6/h70-76,81H,9-69H2,1-8H3,(H,86,87)(H,88,89)/t72?,73?,74-,75-,76-/m1/s1. The van der Waals surface area contributed by atoms with Crippen molar-refractivity contribution in [2.24, 2.45) is 23.7 Å². The van der Waals surface area contributed by atoms with Gasteiger partial charge in [-0.25, -0.2) is 9.13 Å². The molecule has 0 rings (SSSR count). The Morgan fingerprint density at radius 2 is 0.485 bits per heavy atom. The summed E-state index contributed by atoms with van der Waals surface area (Å²) in [7, 11) is -9.92. The van der Waals surface area contributed by atoms with Crippen LogP contribution in [0.1, 0.15) is 409 Å². The number of esters is 4.